The van der Waals surface area contributed by atoms with E-state index in [-0.39, 0.29) is 11.6 Å². The number of amides is 1. The molecule has 1 amide bonds. The van der Waals surface area contributed by atoms with Crippen molar-refractivity contribution in [1.29, 1.82) is 0 Å². The van der Waals surface area contributed by atoms with Crippen molar-refractivity contribution < 1.29 is 18.0 Å². The number of benzene rings is 1. The molecule has 1 heterocycles. The van der Waals surface area contributed by atoms with E-state index in [1.54, 1.807) is 0 Å². The number of aromatic nitrogens is 2. The minimum Gasteiger partial charge on any atom is -0.363 e. The minimum atomic E-state index is -4.46. The maximum atomic E-state index is 12.8. The Morgan fingerprint density at radius 2 is 1.84 bits per heavy atom. The lowest BCUT2D eigenvalue weighted by Crippen LogP contribution is -2.34. The molecule has 2 N–H and O–H groups in total. The summed E-state index contributed by atoms with van der Waals surface area (Å²) in [6.07, 6.45) is -0.812. The Morgan fingerprint density at radius 1 is 1.13 bits per heavy atom. The summed E-state index contributed by atoms with van der Waals surface area (Å²) in [5.74, 6) is 1.28. The van der Waals surface area contributed by atoms with Gasteiger partial charge < -0.3 is 15.5 Å². The zero-order chi connectivity index (χ0) is 22.6. The van der Waals surface area contributed by atoms with Crippen molar-refractivity contribution in [3.8, 4) is 0 Å². The van der Waals surface area contributed by atoms with Gasteiger partial charge in [-0.3, -0.25) is 4.79 Å². The maximum absolute atomic E-state index is 12.8. The normalized spacial score (nSPS) is 19.0. The van der Waals surface area contributed by atoms with Gasteiger partial charge in [0.25, 0.3) is 5.91 Å². The van der Waals surface area contributed by atoms with Gasteiger partial charge in [0, 0.05) is 44.0 Å². The fraction of sp³-hybridized carbons (Fsp3) is 0.500. The number of alkyl halides is 3. The number of rotatable bonds is 6. The smallest absolute Gasteiger partial charge is 0.363 e. The van der Waals surface area contributed by atoms with E-state index in [0.29, 0.717) is 18.4 Å². The molecule has 0 aliphatic heterocycles. The van der Waals surface area contributed by atoms with Crippen LogP contribution >= 0.6 is 0 Å². The fourth-order valence-corrected chi connectivity index (χ4v) is 3.71. The highest BCUT2D eigenvalue weighted by Crippen LogP contribution is 2.30. The molecule has 1 aliphatic rings. The van der Waals surface area contributed by atoms with Crippen molar-refractivity contribution in [3.63, 3.8) is 0 Å². The highest BCUT2D eigenvalue weighted by Gasteiger charge is 2.31. The van der Waals surface area contributed by atoms with Crippen molar-refractivity contribution in [2.75, 3.05) is 30.9 Å². The van der Waals surface area contributed by atoms with Crippen LogP contribution in [0.25, 0.3) is 0 Å². The average molecular weight is 435 g/mol. The molecule has 31 heavy (non-hydrogen) atoms. The molecule has 0 bridgehead atoms. The van der Waals surface area contributed by atoms with Crippen LogP contribution in [-0.4, -0.2) is 42.6 Å². The summed E-state index contributed by atoms with van der Waals surface area (Å²) in [4.78, 5) is 23.2. The monoisotopic (exact) mass is 435 g/mol. The van der Waals surface area contributed by atoms with Gasteiger partial charge in [0.15, 0.2) is 0 Å². The molecular formula is C22H28F3N5O. The summed E-state index contributed by atoms with van der Waals surface area (Å²) in [5.41, 5.74) is 0.105. The number of carbonyl (C=O) groups is 1. The first-order valence-corrected chi connectivity index (χ1v) is 10.4. The topological polar surface area (TPSA) is 70.2 Å². The predicted molar refractivity (Wildman–Crippen MR) is 114 cm³/mol. The van der Waals surface area contributed by atoms with E-state index in [9.17, 15) is 18.0 Å². The fourth-order valence-electron chi connectivity index (χ4n) is 3.71. The largest absolute Gasteiger partial charge is 0.416 e. The third-order valence-electron chi connectivity index (χ3n) is 5.48. The number of anilines is 2. The molecule has 9 heteroatoms. The Balaban J connectivity index is 1.48. The molecule has 1 saturated carbocycles. The summed E-state index contributed by atoms with van der Waals surface area (Å²) < 4.78 is 38.5. The van der Waals surface area contributed by atoms with Gasteiger partial charge >= 0.3 is 6.18 Å². The van der Waals surface area contributed by atoms with Crippen molar-refractivity contribution in [2.45, 2.75) is 44.8 Å². The van der Waals surface area contributed by atoms with Crippen LogP contribution in [0.4, 0.5) is 24.9 Å². The Hall–Kier alpha value is -2.84. The van der Waals surface area contributed by atoms with Gasteiger partial charge in [-0.25, -0.2) is 4.98 Å². The average Bonchev–Trinajstić information content (AvgIpc) is 2.72. The summed E-state index contributed by atoms with van der Waals surface area (Å²) in [6, 6.07) is 6.69. The maximum Gasteiger partial charge on any atom is 0.416 e. The van der Waals surface area contributed by atoms with Gasteiger partial charge in [-0.15, -0.1) is 0 Å². The van der Waals surface area contributed by atoms with E-state index < -0.39 is 17.6 Å². The lowest BCUT2D eigenvalue weighted by Gasteiger charge is -2.29. The molecule has 1 aliphatic carbocycles. The molecule has 6 nitrogen and oxygen atoms in total. The predicted octanol–water partition coefficient (Wildman–Crippen LogP) is 4.27. The first-order chi connectivity index (χ1) is 14.6. The van der Waals surface area contributed by atoms with Gasteiger partial charge in [-0.2, -0.15) is 18.2 Å². The lowest BCUT2D eigenvalue weighted by atomic mass is 9.86. The second-order valence-electron chi connectivity index (χ2n) is 8.24. The second-order valence-corrected chi connectivity index (χ2v) is 8.24. The molecule has 0 spiro atoms. The number of aryl methyl sites for hydroxylation is 1. The standard InChI is InChI=1S/C22H28F3N5O/c1-14-11-19(30(2)3)29-21(27-14)28-18-9-7-15(8-10-18)13-26-20(31)16-5-4-6-17(12-16)22(23,24)25/h4-6,11-12,15,18H,7-10,13H2,1-3H3,(H,26,31)(H,27,28,29)/t15-,18+. The molecule has 1 aromatic heterocycles. The van der Waals surface area contributed by atoms with Gasteiger partial charge in [-0.05, 0) is 56.7 Å². The molecule has 0 unspecified atom stereocenters. The van der Waals surface area contributed by atoms with E-state index >= 15 is 0 Å². The number of nitrogens with zero attached hydrogens (tertiary/aromatic N) is 3. The zero-order valence-corrected chi connectivity index (χ0v) is 18.0. The van der Waals surface area contributed by atoms with Crippen LogP contribution in [0, 0.1) is 12.8 Å². The first-order valence-electron chi connectivity index (χ1n) is 10.4. The van der Waals surface area contributed by atoms with Gasteiger partial charge in [0.1, 0.15) is 5.82 Å². The van der Waals surface area contributed by atoms with E-state index in [1.807, 2.05) is 32.0 Å². The number of hydrogen-bond acceptors (Lipinski definition) is 5. The Labute approximate surface area is 180 Å². The van der Waals surface area contributed by atoms with Crippen LogP contribution in [0.15, 0.2) is 30.3 Å². The summed E-state index contributed by atoms with van der Waals surface area (Å²) in [5, 5.41) is 6.19. The molecule has 0 saturated heterocycles. The third kappa shape index (κ3) is 6.32. The molecule has 3 rings (SSSR count). The number of halogens is 3. The highest BCUT2D eigenvalue weighted by atomic mass is 19.4. The third-order valence-corrected chi connectivity index (χ3v) is 5.48. The van der Waals surface area contributed by atoms with Crippen LogP contribution in [0.3, 0.4) is 0 Å². The summed E-state index contributed by atoms with van der Waals surface area (Å²) in [6.45, 7) is 2.39. The zero-order valence-electron chi connectivity index (χ0n) is 18.0. The van der Waals surface area contributed by atoms with E-state index in [4.69, 9.17) is 0 Å². The quantitative estimate of drug-likeness (QED) is 0.709. The summed E-state index contributed by atoms with van der Waals surface area (Å²) >= 11 is 0. The van der Waals surface area contributed by atoms with Crippen molar-refractivity contribution in [2.24, 2.45) is 5.92 Å². The van der Waals surface area contributed by atoms with Crippen molar-refractivity contribution in [1.82, 2.24) is 15.3 Å². The van der Waals surface area contributed by atoms with Crippen molar-refractivity contribution in [3.05, 3.63) is 47.2 Å². The van der Waals surface area contributed by atoms with Crippen LogP contribution in [0.2, 0.25) is 0 Å². The Kier molecular flexibility index (Phi) is 7.02. The molecular weight excluding hydrogens is 407 g/mol. The molecule has 0 atom stereocenters. The van der Waals surface area contributed by atoms with E-state index in [2.05, 4.69) is 20.6 Å². The van der Waals surface area contributed by atoms with Crippen LogP contribution in [-0.2, 0) is 6.18 Å². The molecule has 1 aromatic carbocycles. The van der Waals surface area contributed by atoms with Gasteiger partial charge in [0.05, 0.1) is 5.56 Å². The number of hydrogen-bond donors (Lipinski definition) is 2. The number of carbonyl (C=O) groups excluding carboxylic acids is 1. The van der Waals surface area contributed by atoms with E-state index in [0.717, 1.165) is 49.3 Å². The van der Waals surface area contributed by atoms with Gasteiger partial charge in [0.2, 0.25) is 5.95 Å². The van der Waals surface area contributed by atoms with Gasteiger partial charge in [-0.1, -0.05) is 6.07 Å². The molecule has 2 aromatic rings. The minimum absolute atomic E-state index is 0.0264. The SMILES string of the molecule is Cc1cc(N(C)C)nc(N[C@H]2CC[C@@H](CNC(=O)c3cccc(C(F)(F)F)c3)CC2)n1. The molecule has 0 radical (unpaired) electrons. The van der Waals surface area contributed by atoms with E-state index in [1.165, 1.54) is 12.1 Å². The van der Waals surface area contributed by atoms with Crippen molar-refractivity contribution >= 4 is 17.7 Å². The Morgan fingerprint density at radius 3 is 2.48 bits per heavy atom. The highest BCUT2D eigenvalue weighted by molar-refractivity contribution is 5.94. The summed E-state index contributed by atoms with van der Waals surface area (Å²) in [7, 11) is 3.87. The Bertz CT molecular complexity index is 908. The second kappa shape index (κ2) is 9.53. The van der Waals surface area contributed by atoms with Crippen LogP contribution < -0.4 is 15.5 Å². The first kappa shape index (κ1) is 22.8. The number of nitrogens with one attached hydrogen (secondary N) is 2. The van der Waals surface area contributed by atoms with Crippen LogP contribution in [0.1, 0.15) is 47.3 Å². The molecule has 168 valence electrons. The van der Waals surface area contributed by atoms with Crippen LogP contribution in [0.5, 0.6) is 0 Å². The lowest BCUT2D eigenvalue weighted by molar-refractivity contribution is -0.137. The molecule has 1 fully saturated rings.